The fourth-order valence-corrected chi connectivity index (χ4v) is 5.20. The van der Waals surface area contributed by atoms with Crippen LogP contribution < -0.4 is 15.4 Å². The molecule has 1 fully saturated rings. The number of alkyl halides is 1. The molecule has 4 rings (SSSR count). The zero-order valence-electron chi connectivity index (χ0n) is 21.5. The molecule has 1 aromatic carbocycles. The summed E-state index contributed by atoms with van der Waals surface area (Å²) in [4.78, 5) is 16.4. The van der Waals surface area contributed by atoms with Gasteiger partial charge >= 0.3 is 0 Å². The first-order chi connectivity index (χ1) is 17.0. The third-order valence-corrected chi connectivity index (χ3v) is 7.53. The molecule has 196 valence electrons. The maximum atomic E-state index is 15.2. The van der Waals surface area contributed by atoms with E-state index >= 15 is 4.39 Å². The van der Waals surface area contributed by atoms with Crippen LogP contribution in [-0.2, 0) is 11.2 Å². The number of carbonyl (C=O) groups is 1. The zero-order chi connectivity index (χ0) is 26.1. The van der Waals surface area contributed by atoms with Crippen LogP contribution in [0.4, 0.5) is 4.39 Å². The van der Waals surface area contributed by atoms with Gasteiger partial charge in [0.05, 0.1) is 12.1 Å². The molecular weight excluding hydrogens is 481 g/mol. The third-order valence-electron chi connectivity index (χ3n) is 7.28. The van der Waals surface area contributed by atoms with Crippen LogP contribution in [0, 0.1) is 5.41 Å². The molecule has 0 bridgehead atoms. The molecule has 2 heterocycles. The fourth-order valence-electron chi connectivity index (χ4n) is 5.07. The van der Waals surface area contributed by atoms with Gasteiger partial charge in [-0.1, -0.05) is 44.5 Å². The Balaban J connectivity index is 1.52. The lowest BCUT2D eigenvalue weighted by molar-refractivity contribution is -0.120. The van der Waals surface area contributed by atoms with Crippen molar-refractivity contribution in [1.29, 1.82) is 0 Å². The Bertz CT molecular complexity index is 1070. The van der Waals surface area contributed by atoms with E-state index in [1.165, 1.54) is 6.92 Å². The smallest absolute Gasteiger partial charge is 0.218 e. The Morgan fingerprint density at radius 2 is 2.00 bits per heavy atom. The number of aliphatic hydroxyl groups is 1. The first-order valence-electron chi connectivity index (χ1n) is 12.7. The van der Waals surface area contributed by atoms with Gasteiger partial charge in [0.25, 0.3) is 0 Å². The van der Waals surface area contributed by atoms with Crippen LogP contribution in [0.15, 0.2) is 36.5 Å². The van der Waals surface area contributed by atoms with E-state index in [-0.39, 0.29) is 24.1 Å². The monoisotopic (exact) mass is 517 g/mol. The van der Waals surface area contributed by atoms with Gasteiger partial charge in [-0.05, 0) is 54.9 Å². The van der Waals surface area contributed by atoms with Crippen molar-refractivity contribution in [2.75, 3.05) is 6.54 Å². The summed E-state index contributed by atoms with van der Waals surface area (Å²) < 4.78 is 21.4. The Morgan fingerprint density at radius 1 is 1.31 bits per heavy atom. The first kappa shape index (κ1) is 26.8. The zero-order valence-corrected chi connectivity index (χ0v) is 22.2. The highest BCUT2D eigenvalue weighted by Gasteiger charge is 2.46. The Hall–Kier alpha value is -2.22. The molecule has 8 heteroatoms. The maximum absolute atomic E-state index is 15.2. The molecule has 1 aliphatic heterocycles. The van der Waals surface area contributed by atoms with Gasteiger partial charge in [0.15, 0.2) is 0 Å². The number of benzene rings is 1. The van der Waals surface area contributed by atoms with Crippen molar-refractivity contribution < 1.29 is 19.0 Å². The van der Waals surface area contributed by atoms with Crippen LogP contribution in [0.1, 0.15) is 82.3 Å². The SMILES string of the molecule is CC(=O)N[C@@H](Cc1ccc(Cl)cc1)[C@H](O)CN[C@H]1CC2(CCC2)Oc2ncc([C@@H](F)C(C)(C)C)cc21. The highest BCUT2D eigenvalue weighted by Crippen LogP contribution is 2.49. The first-order valence-corrected chi connectivity index (χ1v) is 13.1. The molecule has 1 spiro atoms. The number of aliphatic hydroxyl groups excluding tert-OH is 1. The number of amides is 1. The van der Waals surface area contributed by atoms with Gasteiger partial charge < -0.3 is 20.5 Å². The van der Waals surface area contributed by atoms with Gasteiger partial charge in [-0.3, -0.25) is 4.79 Å². The van der Waals surface area contributed by atoms with E-state index in [1.807, 2.05) is 39.0 Å². The fraction of sp³-hybridized carbons (Fsp3) is 0.571. The molecule has 36 heavy (non-hydrogen) atoms. The number of fused-ring (bicyclic) bond motifs is 1. The van der Waals surface area contributed by atoms with Crippen LogP contribution in [0.5, 0.6) is 5.88 Å². The number of carbonyl (C=O) groups excluding carboxylic acids is 1. The van der Waals surface area contributed by atoms with Gasteiger partial charge in [-0.25, -0.2) is 9.37 Å². The number of hydrogen-bond acceptors (Lipinski definition) is 5. The average Bonchev–Trinajstić information content (AvgIpc) is 2.80. The van der Waals surface area contributed by atoms with Gasteiger partial charge in [0.1, 0.15) is 11.8 Å². The molecule has 3 N–H and O–H groups in total. The lowest BCUT2D eigenvalue weighted by Gasteiger charge is -2.47. The largest absolute Gasteiger partial charge is 0.471 e. The second kappa shape index (κ2) is 10.6. The summed E-state index contributed by atoms with van der Waals surface area (Å²) in [7, 11) is 0. The summed E-state index contributed by atoms with van der Waals surface area (Å²) in [6.45, 7) is 7.30. The van der Waals surface area contributed by atoms with Crippen molar-refractivity contribution in [2.45, 2.75) is 89.8 Å². The minimum Gasteiger partial charge on any atom is -0.471 e. The van der Waals surface area contributed by atoms with E-state index in [0.717, 1.165) is 36.8 Å². The normalized spacial score (nSPS) is 21.0. The maximum Gasteiger partial charge on any atom is 0.218 e. The van der Waals surface area contributed by atoms with E-state index in [1.54, 1.807) is 18.3 Å². The highest BCUT2D eigenvalue weighted by atomic mass is 35.5. The molecule has 1 aliphatic carbocycles. The topological polar surface area (TPSA) is 83.5 Å². The number of pyridine rings is 1. The van der Waals surface area contributed by atoms with E-state index in [4.69, 9.17) is 16.3 Å². The summed E-state index contributed by atoms with van der Waals surface area (Å²) >= 11 is 6.00. The van der Waals surface area contributed by atoms with E-state index in [9.17, 15) is 9.90 Å². The van der Waals surface area contributed by atoms with Crippen LogP contribution in [0.3, 0.4) is 0 Å². The second-order valence-corrected chi connectivity index (χ2v) is 11.8. The van der Waals surface area contributed by atoms with Crippen LogP contribution >= 0.6 is 11.6 Å². The van der Waals surface area contributed by atoms with Gasteiger partial charge in [-0.15, -0.1) is 0 Å². The predicted molar refractivity (Wildman–Crippen MR) is 139 cm³/mol. The van der Waals surface area contributed by atoms with E-state index in [0.29, 0.717) is 22.9 Å². The van der Waals surface area contributed by atoms with Crippen molar-refractivity contribution in [3.63, 3.8) is 0 Å². The summed E-state index contributed by atoms with van der Waals surface area (Å²) in [5.41, 5.74) is 1.50. The van der Waals surface area contributed by atoms with Crippen LogP contribution in [0.2, 0.25) is 5.02 Å². The molecule has 0 radical (unpaired) electrons. The van der Waals surface area contributed by atoms with E-state index in [2.05, 4.69) is 15.6 Å². The molecule has 6 nitrogen and oxygen atoms in total. The molecule has 4 atom stereocenters. The average molecular weight is 518 g/mol. The Morgan fingerprint density at radius 3 is 2.58 bits per heavy atom. The van der Waals surface area contributed by atoms with Gasteiger partial charge in [0.2, 0.25) is 11.8 Å². The molecule has 0 saturated heterocycles. The lowest BCUT2D eigenvalue weighted by atomic mass is 9.73. The Kier molecular flexibility index (Phi) is 7.93. The number of halogens is 2. The van der Waals surface area contributed by atoms with Crippen molar-refractivity contribution in [3.05, 3.63) is 58.2 Å². The summed E-state index contributed by atoms with van der Waals surface area (Å²) in [5, 5.41) is 18.1. The van der Waals surface area contributed by atoms with Crippen molar-refractivity contribution in [2.24, 2.45) is 5.41 Å². The number of aromatic nitrogens is 1. The third kappa shape index (κ3) is 6.18. The molecule has 1 aromatic heterocycles. The van der Waals surface area contributed by atoms with Crippen molar-refractivity contribution >= 4 is 17.5 Å². The Labute approximate surface area is 218 Å². The molecule has 0 unspecified atom stereocenters. The number of ether oxygens (including phenoxy) is 1. The standard InChI is InChI=1S/C28H37ClFN3O3/c1-17(34)33-22(12-18-6-8-20(29)9-7-18)24(35)16-31-23-14-28(10-5-11-28)36-26-21(23)13-19(15-32-26)25(30)27(2,3)4/h6-9,13,15,22-25,31,35H,5,10-12,14,16H2,1-4H3,(H,33,34)/t22-,23-,24+,25+/m0/s1. The molecule has 2 aromatic rings. The summed E-state index contributed by atoms with van der Waals surface area (Å²) in [6, 6.07) is 8.61. The number of hydrogen-bond donors (Lipinski definition) is 3. The number of nitrogens with one attached hydrogen (secondary N) is 2. The quantitative estimate of drug-likeness (QED) is 0.446. The summed E-state index contributed by atoms with van der Waals surface area (Å²) in [5.74, 6) is 0.334. The second-order valence-electron chi connectivity index (χ2n) is 11.4. The highest BCUT2D eigenvalue weighted by molar-refractivity contribution is 6.30. The van der Waals surface area contributed by atoms with Gasteiger partial charge in [0, 0.05) is 48.3 Å². The van der Waals surface area contributed by atoms with E-state index < -0.39 is 23.7 Å². The molecular formula is C28H37ClFN3O3. The molecule has 2 aliphatic rings. The lowest BCUT2D eigenvalue weighted by Crippen LogP contribution is -2.52. The van der Waals surface area contributed by atoms with Crippen LogP contribution in [-0.4, -0.2) is 40.3 Å². The van der Waals surface area contributed by atoms with Crippen molar-refractivity contribution in [1.82, 2.24) is 15.6 Å². The molecule has 1 saturated carbocycles. The molecule has 1 amide bonds. The number of nitrogens with zero attached hydrogens (tertiary/aromatic N) is 1. The predicted octanol–water partition coefficient (Wildman–Crippen LogP) is 5.24. The number of rotatable bonds is 8. The minimum absolute atomic E-state index is 0.142. The van der Waals surface area contributed by atoms with Gasteiger partial charge in [-0.2, -0.15) is 0 Å². The van der Waals surface area contributed by atoms with Crippen LogP contribution in [0.25, 0.3) is 0 Å². The minimum atomic E-state index is -1.16. The summed E-state index contributed by atoms with van der Waals surface area (Å²) in [6.07, 6.45) is 3.78. The van der Waals surface area contributed by atoms with Crippen molar-refractivity contribution in [3.8, 4) is 5.88 Å².